The van der Waals surface area contributed by atoms with E-state index in [9.17, 15) is 0 Å². The smallest absolute Gasteiger partial charge is 0.213 e. The third-order valence-corrected chi connectivity index (χ3v) is 4.77. The van der Waals surface area contributed by atoms with Crippen molar-refractivity contribution >= 4 is 23.4 Å². The van der Waals surface area contributed by atoms with Crippen LogP contribution in [0.5, 0.6) is 5.88 Å². The average Bonchev–Trinajstić information content (AvgIpc) is 3.21. The van der Waals surface area contributed by atoms with Crippen LogP contribution in [0.3, 0.4) is 0 Å². The maximum Gasteiger partial charge on any atom is 0.213 e. The summed E-state index contributed by atoms with van der Waals surface area (Å²) in [5.41, 5.74) is 10.9. The van der Waals surface area contributed by atoms with Crippen LogP contribution in [0, 0.1) is 11.3 Å². The van der Waals surface area contributed by atoms with E-state index >= 15 is 0 Å². The minimum Gasteiger partial charge on any atom is -0.475 e. The Hall–Kier alpha value is -3.44. The largest absolute Gasteiger partial charge is 0.475 e. The Morgan fingerprint density at radius 1 is 1.13 bits per heavy atom. The topological polar surface area (TPSA) is 118 Å². The molecule has 0 saturated heterocycles. The van der Waals surface area contributed by atoms with Crippen LogP contribution in [0.25, 0.3) is 22.2 Å². The number of rotatable bonds is 7. The first-order valence-electron chi connectivity index (χ1n) is 9.53. The fraction of sp³-hybridized carbons (Fsp3) is 0.174. The maximum atomic E-state index is 9.09. The van der Waals surface area contributed by atoms with Crippen molar-refractivity contribution in [3.8, 4) is 23.2 Å². The SMILES string of the molecule is Cl.N#Cc1ccc2c(-c3ccccc3C(N)Cc3cccc(OCCO)n3)noc2c1. The highest BCUT2D eigenvalue weighted by molar-refractivity contribution is 5.93. The third-order valence-electron chi connectivity index (χ3n) is 4.77. The summed E-state index contributed by atoms with van der Waals surface area (Å²) in [4.78, 5) is 4.46. The molecule has 2 heterocycles. The van der Waals surface area contributed by atoms with Gasteiger partial charge in [-0.25, -0.2) is 4.98 Å². The van der Waals surface area contributed by atoms with Crippen molar-refractivity contribution in [2.45, 2.75) is 12.5 Å². The summed E-state index contributed by atoms with van der Waals surface area (Å²) in [5.74, 6) is 0.456. The molecule has 4 rings (SSSR count). The Bertz CT molecular complexity index is 1220. The van der Waals surface area contributed by atoms with Gasteiger partial charge in [0, 0.05) is 41.2 Å². The van der Waals surface area contributed by atoms with Gasteiger partial charge in [0.25, 0.3) is 0 Å². The quantitative estimate of drug-likeness (QED) is 0.452. The fourth-order valence-electron chi connectivity index (χ4n) is 3.37. The van der Waals surface area contributed by atoms with Crippen molar-refractivity contribution in [2.24, 2.45) is 5.73 Å². The van der Waals surface area contributed by atoms with Crippen molar-refractivity contribution in [3.05, 3.63) is 77.5 Å². The lowest BCUT2D eigenvalue weighted by molar-refractivity contribution is 0.196. The lowest BCUT2D eigenvalue weighted by Crippen LogP contribution is -2.15. The molecule has 7 nitrogen and oxygen atoms in total. The van der Waals surface area contributed by atoms with Gasteiger partial charge in [-0.15, -0.1) is 12.4 Å². The number of aromatic nitrogens is 2. The molecule has 0 saturated carbocycles. The number of ether oxygens (including phenoxy) is 1. The van der Waals surface area contributed by atoms with E-state index in [1.54, 1.807) is 18.2 Å². The summed E-state index contributed by atoms with van der Waals surface area (Å²) < 4.78 is 10.8. The van der Waals surface area contributed by atoms with Gasteiger partial charge >= 0.3 is 0 Å². The Balaban J connectivity index is 0.00000272. The van der Waals surface area contributed by atoms with Crippen LogP contribution in [-0.2, 0) is 6.42 Å². The molecule has 2 aromatic heterocycles. The van der Waals surface area contributed by atoms with Crippen LogP contribution >= 0.6 is 12.4 Å². The first kappa shape index (κ1) is 22.2. The van der Waals surface area contributed by atoms with E-state index in [1.807, 2.05) is 42.5 Å². The van der Waals surface area contributed by atoms with Gasteiger partial charge in [0.05, 0.1) is 18.2 Å². The number of halogens is 1. The van der Waals surface area contributed by atoms with E-state index in [4.69, 9.17) is 25.4 Å². The molecule has 0 radical (unpaired) electrons. The van der Waals surface area contributed by atoms with Crippen molar-refractivity contribution in [2.75, 3.05) is 13.2 Å². The molecule has 1 unspecified atom stereocenters. The molecule has 0 amide bonds. The second-order valence-electron chi connectivity index (χ2n) is 6.79. The molecule has 0 fully saturated rings. The second-order valence-corrected chi connectivity index (χ2v) is 6.79. The number of benzene rings is 2. The van der Waals surface area contributed by atoms with Gasteiger partial charge in [-0.2, -0.15) is 5.26 Å². The average molecular weight is 437 g/mol. The zero-order chi connectivity index (χ0) is 20.9. The summed E-state index contributed by atoms with van der Waals surface area (Å²) in [6.45, 7) is 0.123. The molecule has 8 heteroatoms. The summed E-state index contributed by atoms with van der Waals surface area (Å²) in [5, 5.41) is 23.1. The Kier molecular flexibility index (Phi) is 7.21. The molecular weight excluding hydrogens is 416 g/mol. The van der Waals surface area contributed by atoms with E-state index in [0.29, 0.717) is 29.1 Å². The number of nitrogens with two attached hydrogens (primary N) is 1. The minimum atomic E-state index is -0.327. The minimum absolute atomic E-state index is 0. The number of fused-ring (bicyclic) bond motifs is 1. The van der Waals surface area contributed by atoms with Crippen LogP contribution in [0.4, 0.5) is 0 Å². The first-order chi connectivity index (χ1) is 14.7. The molecule has 4 aromatic rings. The van der Waals surface area contributed by atoms with E-state index in [2.05, 4.69) is 16.2 Å². The molecule has 0 spiro atoms. The number of nitrogens with zero attached hydrogens (tertiary/aromatic N) is 3. The summed E-state index contributed by atoms with van der Waals surface area (Å²) in [7, 11) is 0. The van der Waals surface area contributed by atoms with Crippen LogP contribution in [-0.4, -0.2) is 28.5 Å². The zero-order valence-corrected chi connectivity index (χ0v) is 17.4. The Morgan fingerprint density at radius 3 is 2.77 bits per heavy atom. The lowest BCUT2D eigenvalue weighted by Gasteiger charge is -2.16. The van der Waals surface area contributed by atoms with Gasteiger partial charge in [0.15, 0.2) is 5.58 Å². The predicted octanol–water partition coefficient (Wildman–Crippen LogP) is 3.80. The van der Waals surface area contributed by atoms with Crippen LogP contribution < -0.4 is 10.5 Å². The van der Waals surface area contributed by atoms with Gasteiger partial charge in [-0.3, -0.25) is 0 Å². The number of hydrogen-bond donors (Lipinski definition) is 2. The Labute approximate surface area is 185 Å². The summed E-state index contributed by atoms with van der Waals surface area (Å²) in [6, 6.07) is 20.3. The van der Waals surface area contributed by atoms with Gasteiger partial charge in [-0.05, 0) is 23.8 Å². The number of hydrogen-bond acceptors (Lipinski definition) is 7. The van der Waals surface area contributed by atoms with Gasteiger partial charge in [-0.1, -0.05) is 35.5 Å². The third kappa shape index (κ3) is 4.84. The summed E-state index contributed by atoms with van der Waals surface area (Å²) >= 11 is 0. The molecule has 0 aliphatic rings. The molecule has 31 heavy (non-hydrogen) atoms. The monoisotopic (exact) mass is 436 g/mol. The van der Waals surface area contributed by atoms with E-state index in [0.717, 1.165) is 22.2 Å². The van der Waals surface area contributed by atoms with E-state index < -0.39 is 0 Å². The number of aliphatic hydroxyl groups excluding tert-OH is 1. The molecule has 3 N–H and O–H groups in total. The Morgan fingerprint density at radius 2 is 1.97 bits per heavy atom. The molecule has 0 aliphatic heterocycles. The van der Waals surface area contributed by atoms with Crippen molar-refractivity contribution in [3.63, 3.8) is 0 Å². The molecule has 2 aromatic carbocycles. The fourth-order valence-corrected chi connectivity index (χ4v) is 3.37. The van der Waals surface area contributed by atoms with Crippen LogP contribution in [0.2, 0.25) is 0 Å². The standard InChI is InChI=1S/C23H20N4O3.ClH/c24-14-15-8-9-19-21(12-15)30-27-23(19)18-6-2-1-5-17(18)20(25)13-16-4-3-7-22(26-16)29-11-10-28;/h1-9,12,20,28H,10-11,13,25H2;1H. The maximum absolute atomic E-state index is 9.09. The first-order valence-corrected chi connectivity index (χ1v) is 9.53. The van der Waals surface area contributed by atoms with Gasteiger partial charge in [0.1, 0.15) is 12.3 Å². The highest BCUT2D eigenvalue weighted by atomic mass is 35.5. The van der Waals surface area contributed by atoms with Crippen molar-refractivity contribution in [1.82, 2.24) is 10.1 Å². The number of aliphatic hydroxyl groups is 1. The van der Waals surface area contributed by atoms with Crippen LogP contribution in [0.1, 0.15) is 22.9 Å². The zero-order valence-electron chi connectivity index (χ0n) is 16.6. The second kappa shape index (κ2) is 10.0. The highest BCUT2D eigenvalue weighted by Gasteiger charge is 2.18. The molecular formula is C23H21ClN4O3. The lowest BCUT2D eigenvalue weighted by atomic mass is 9.94. The van der Waals surface area contributed by atoms with Crippen molar-refractivity contribution in [1.29, 1.82) is 5.26 Å². The van der Waals surface area contributed by atoms with Gasteiger partial charge in [0.2, 0.25) is 5.88 Å². The summed E-state index contributed by atoms with van der Waals surface area (Å²) in [6.07, 6.45) is 0.502. The molecule has 1 atom stereocenters. The normalized spacial score (nSPS) is 11.5. The van der Waals surface area contributed by atoms with E-state index in [-0.39, 0.29) is 31.7 Å². The number of nitriles is 1. The van der Waals surface area contributed by atoms with Crippen LogP contribution in [0.15, 0.2) is 65.2 Å². The van der Waals surface area contributed by atoms with Crippen molar-refractivity contribution < 1.29 is 14.4 Å². The number of pyridine rings is 1. The molecule has 0 bridgehead atoms. The van der Waals surface area contributed by atoms with Gasteiger partial charge < -0.3 is 20.1 Å². The van der Waals surface area contributed by atoms with E-state index in [1.165, 1.54) is 0 Å². The molecule has 158 valence electrons. The highest BCUT2D eigenvalue weighted by Crippen LogP contribution is 2.33. The predicted molar refractivity (Wildman–Crippen MR) is 119 cm³/mol. The molecule has 0 aliphatic carbocycles.